The van der Waals surface area contributed by atoms with Gasteiger partial charge in [-0.15, -0.1) is 0 Å². The topological polar surface area (TPSA) is 83.6 Å². The Kier molecular flexibility index (Phi) is 6.90. The molecule has 0 amide bonds. The Morgan fingerprint density at radius 1 is 1.02 bits per heavy atom. The highest BCUT2D eigenvalue weighted by Crippen LogP contribution is 2.30. The zero-order valence-corrected chi connectivity index (χ0v) is 24.3. The first-order chi connectivity index (χ1) is 19.2. The van der Waals surface area contributed by atoms with Crippen LogP contribution in [-0.2, 0) is 0 Å². The highest BCUT2D eigenvalue weighted by atomic mass is 35.5. The number of nitrogens with zero attached hydrogens (tertiary/aromatic N) is 7. The number of fused-ring (bicyclic) bond motifs is 3. The molecule has 4 heterocycles. The van der Waals surface area contributed by atoms with E-state index in [0.29, 0.717) is 44.3 Å². The Morgan fingerprint density at radius 3 is 2.42 bits per heavy atom. The third-order valence-electron chi connectivity index (χ3n) is 7.58. The minimum atomic E-state index is -0.348. The summed E-state index contributed by atoms with van der Waals surface area (Å²) in [5.41, 5.74) is 4.99. The average Bonchev–Trinajstić information content (AvgIpc) is 3.32. The summed E-state index contributed by atoms with van der Waals surface area (Å²) in [6.45, 7) is 6.07. The van der Waals surface area contributed by atoms with Crippen molar-refractivity contribution >= 4 is 57.1 Å². The zero-order chi connectivity index (χ0) is 28.1. The maximum atomic E-state index is 13.7. The highest BCUT2D eigenvalue weighted by Gasteiger charge is 2.22. The number of halogens is 2. The van der Waals surface area contributed by atoms with Crippen molar-refractivity contribution < 1.29 is 0 Å². The second-order valence-electron chi connectivity index (χ2n) is 10.5. The van der Waals surface area contributed by atoms with Gasteiger partial charge in [-0.25, -0.2) is 24.1 Å². The summed E-state index contributed by atoms with van der Waals surface area (Å²) >= 11 is 13.0. The lowest BCUT2D eigenvalue weighted by Gasteiger charge is -2.37. The van der Waals surface area contributed by atoms with E-state index in [1.165, 1.54) is 22.1 Å². The van der Waals surface area contributed by atoms with E-state index in [1.54, 1.807) is 28.9 Å². The molecular formula is C29H30Cl2N8O. The standard InChI is InChI=1S/C29H30Cl2N8O/c1-17-14-19(8-9-24(17)37-12-10-20(11-13-37)36(3)4)34-29-32-15-21-25(35-29)27-33-18(2)16-38(27)39(28(21)40)26-22(30)6-5-7-23(26)31/h5-9,14-16,20H,10-13H2,1-4H3,(H,32,34,35). The number of benzene rings is 2. The number of aryl methyl sites for hydroxylation is 2. The lowest BCUT2D eigenvalue weighted by molar-refractivity contribution is 0.249. The first-order valence-corrected chi connectivity index (χ1v) is 14.0. The largest absolute Gasteiger partial charge is 0.371 e. The maximum absolute atomic E-state index is 13.7. The Labute approximate surface area is 242 Å². The fourth-order valence-corrected chi connectivity index (χ4v) is 6.08. The zero-order valence-electron chi connectivity index (χ0n) is 22.8. The number of piperidine rings is 1. The average molecular weight is 578 g/mol. The van der Waals surface area contributed by atoms with Gasteiger partial charge in [0.2, 0.25) is 5.95 Å². The first kappa shape index (κ1) is 26.6. The monoisotopic (exact) mass is 576 g/mol. The van der Waals surface area contributed by atoms with E-state index in [1.807, 2.05) is 13.0 Å². The summed E-state index contributed by atoms with van der Waals surface area (Å²) in [7, 11) is 4.31. The molecule has 5 aromatic rings. The molecule has 0 saturated carbocycles. The van der Waals surface area contributed by atoms with E-state index in [-0.39, 0.29) is 5.56 Å². The molecule has 1 N–H and O–H groups in total. The van der Waals surface area contributed by atoms with E-state index in [2.05, 4.69) is 58.2 Å². The van der Waals surface area contributed by atoms with Gasteiger partial charge >= 0.3 is 0 Å². The SMILES string of the molecule is Cc1cn2c(n1)c1nc(Nc3ccc(N4CCC(N(C)C)CC4)c(C)c3)ncc1c(=O)n2-c1c(Cl)cccc1Cl. The van der Waals surface area contributed by atoms with E-state index in [0.717, 1.165) is 37.3 Å². The molecule has 0 spiro atoms. The molecule has 1 aliphatic rings. The summed E-state index contributed by atoms with van der Waals surface area (Å²) in [4.78, 5) is 32.3. The predicted octanol–water partition coefficient (Wildman–Crippen LogP) is 5.63. The Hall–Kier alpha value is -3.66. The summed E-state index contributed by atoms with van der Waals surface area (Å²) in [5, 5.41) is 4.32. The van der Waals surface area contributed by atoms with Gasteiger partial charge < -0.3 is 15.1 Å². The lowest BCUT2D eigenvalue weighted by atomic mass is 10.0. The van der Waals surface area contributed by atoms with Crippen LogP contribution in [0, 0.1) is 13.8 Å². The number of para-hydroxylation sites is 1. The summed E-state index contributed by atoms with van der Waals surface area (Å²) in [6, 6.07) is 12.1. The van der Waals surface area contributed by atoms with Crippen LogP contribution in [0.2, 0.25) is 10.0 Å². The molecule has 11 heteroatoms. The molecule has 0 aliphatic carbocycles. The van der Waals surface area contributed by atoms with Crippen LogP contribution >= 0.6 is 23.2 Å². The van der Waals surface area contributed by atoms with Crippen LogP contribution in [0.25, 0.3) is 22.2 Å². The third kappa shape index (κ3) is 4.68. The summed E-state index contributed by atoms with van der Waals surface area (Å²) in [6.07, 6.45) is 5.59. The molecule has 2 aromatic carbocycles. The maximum Gasteiger partial charge on any atom is 0.281 e. The molecule has 6 rings (SSSR count). The van der Waals surface area contributed by atoms with Crippen molar-refractivity contribution in [1.29, 1.82) is 0 Å². The van der Waals surface area contributed by atoms with Crippen molar-refractivity contribution in [2.45, 2.75) is 32.7 Å². The second-order valence-corrected chi connectivity index (χ2v) is 11.3. The van der Waals surface area contributed by atoms with Crippen LogP contribution in [0.4, 0.5) is 17.3 Å². The molecular weight excluding hydrogens is 547 g/mol. The van der Waals surface area contributed by atoms with Crippen molar-refractivity contribution in [2.24, 2.45) is 0 Å². The summed E-state index contributed by atoms with van der Waals surface area (Å²) < 4.78 is 3.06. The van der Waals surface area contributed by atoms with E-state index >= 15 is 0 Å². The second kappa shape index (κ2) is 10.4. The summed E-state index contributed by atoms with van der Waals surface area (Å²) in [5.74, 6) is 0.377. The van der Waals surface area contributed by atoms with Gasteiger partial charge in [0, 0.05) is 36.7 Å². The van der Waals surface area contributed by atoms with E-state index < -0.39 is 0 Å². The van der Waals surface area contributed by atoms with Crippen molar-refractivity contribution in [3.8, 4) is 5.69 Å². The van der Waals surface area contributed by atoms with Crippen LogP contribution in [-0.4, -0.2) is 62.3 Å². The third-order valence-corrected chi connectivity index (χ3v) is 8.19. The van der Waals surface area contributed by atoms with E-state index in [4.69, 9.17) is 28.2 Å². The number of hydrogen-bond donors (Lipinski definition) is 1. The van der Waals surface area contributed by atoms with Gasteiger partial charge in [-0.3, -0.25) is 4.79 Å². The Balaban J connectivity index is 1.35. The molecule has 0 atom stereocenters. The molecule has 40 heavy (non-hydrogen) atoms. The number of anilines is 3. The Bertz CT molecular complexity index is 1780. The molecule has 1 fully saturated rings. The highest BCUT2D eigenvalue weighted by molar-refractivity contribution is 6.37. The smallest absolute Gasteiger partial charge is 0.281 e. The fourth-order valence-electron chi connectivity index (χ4n) is 5.52. The van der Waals surface area contributed by atoms with Gasteiger partial charge in [0.05, 0.1) is 27.3 Å². The number of imidazole rings is 1. The number of rotatable bonds is 5. The minimum absolute atomic E-state index is 0.312. The Morgan fingerprint density at radius 2 is 1.75 bits per heavy atom. The number of hydrogen-bond acceptors (Lipinski definition) is 7. The first-order valence-electron chi connectivity index (χ1n) is 13.2. The minimum Gasteiger partial charge on any atom is -0.371 e. The fraction of sp³-hybridized carbons (Fsp3) is 0.310. The van der Waals surface area contributed by atoms with E-state index in [9.17, 15) is 4.79 Å². The quantitative estimate of drug-likeness (QED) is 0.290. The van der Waals surface area contributed by atoms with Crippen molar-refractivity contribution in [3.05, 3.63) is 80.4 Å². The van der Waals surface area contributed by atoms with Crippen LogP contribution in [0.5, 0.6) is 0 Å². The van der Waals surface area contributed by atoms with Gasteiger partial charge in [-0.1, -0.05) is 29.3 Å². The van der Waals surface area contributed by atoms with Gasteiger partial charge in [0.15, 0.2) is 5.65 Å². The number of aromatic nitrogens is 5. The molecule has 0 unspecified atom stereocenters. The normalized spacial score (nSPS) is 14.5. The molecule has 1 saturated heterocycles. The van der Waals surface area contributed by atoms with Gasteiger partial charge in [0.1, 0.15) is 11.2 Å². The van der Waals surface area contributed by atoms with Crippen LogP contribution in [0.1, 0.15) is 24.1 Å². The van der Waals surface area contributed by atoms with Crippen LogP contribution in [0.3, 0.4) is 0 Å². The molecule has 9 nitrogen and oxygen atoms in total. The molecule has 0 radical (unpaired) electrons. The van der Waals surface area contributed by atoms with Gasteiger partial charge in [-0.05, 0) is 76.7 Å². The lowest BCUT2D eigenvalue weighted by Crippen LogP contribution is -2.42. The van der Waals surface area contributed by atoms with Crippen molar-refractivity contribution in [2.75, 3.05) is 37.4 Å². The van der Waals surface area contributed by atoms with Crippen molar-refractivity contribution in [1.82, 2.24) is 29.0 Å². The molecule has 3 aromatic heterocycles. The molecule has 0 bridgehead atoms. The van der Waals surface area contributed by atoms with Crippen molar-refractivity contribution in [3.63, 3.8) is 0 Å². The number of nitrogens with one attached hydrogen (secondary N) is 1. The van der Waals surface area contributed by atoms with Gasteiger partial charge in [0.25, 0.3) is 5.56 Å². The van der Waals surface area contributed by atoms with Crippen LogP contribution < -0.4 is 15.8 Å². The van der Waals surface area contributed by atoms with Crippen LogP contribution in [0.15, 0.2) is 53.6 Å². The van der Waals surface area contributed by atoms with Gasteiger partial charge in [-0.2, -0.15) is 0 Å². The predicted molar refractivity (Wildman–Crippen MR) is 162 cm³/mol. The molecule has 1 aliphatic heterocycles. The molecule has 206 valence electrons.